The highest BCUT2D eigenvalue weighted by Gasteiger charge is 2.22. The van der Waals surface area contributed by atoms with Gasteiger partial charge in [-0.2, -0.15) is 0 Å². The van der Waals surface area contributed by atoms with Gasteiger partial charge in [0.2, 0.25) is 0 Å². The molecule has 0 saturated heterocycles. The molecule has 21 heavy (non-hydrogen) atoms. The zero-order valence-electron chi connectivity index (χ0n) is 12.3. The molecule has 1 aromatic carbocycles. The zero-order valence-corrected chi connectivity index (χ0v) is 12.3. The van der Waals surface area contributed by atoms with Crippen LogP contribution < -0.4 is 4.90 Å². The van der Waals surface area contributed by atoms with Gasteiger partial charge in [0.1, 0.15) is 5.76 Å². The molecular formula is C16H17NO4. The first-order valence-corrected chi connectivity index (χ1v) is 6.61. The van der Waals surface area contributed by atoms with Gasteiger partial charge in [0.05, 0.1) is 30.2 Å². The van der Waals surface area contributed by atoms with E-state index in [0.29, 0.717) is 29.0 Å². The Kier molecular flexibility index (Phi) is 4.42. The predicted octanol–water partition coefficient (Wildman–Crippen LogP) is 2.91. The molecule has 1 amide bonds. The van der Waals surface area contributed by atoms with Crippen LogP contribution in [0.5, 0.6) is 0 Å². The van der Waals surface area contributed by atoms with Crippen molar-refractivity contribution in [1.29, 1.82) is 0 Å². The summed E-state index contributed by atoms with van der Waals surface area (Å²) in [6.07, 6.45) is 2.12. The maximum atomic E-state index is 12.6. The van der Waals surface area contributed by atoms with Crippen molar-refractivity contribution >= 4 is 17.6 Å². The molecule has 1 heterocycles. The van der Waals surface area contributed by atoms with E-state index in [9.17, 15) is 9.59 Å². The van der Waals surface area contributed by atoms with Crippen molar-refractivity contribution in [3.63, 3.8) is 0 Å². The SMILES string of the molecule is CCc1occc1C(=O)N(C)c1ccccc1C(=O)OC. The summed E-state index contributed by atoms with van der Waals surface area (Å²) in [4.78, 5) is 25.8. The maximum Gasteiger partial charge on any atom is 0.339 e. The topological polar surface area (TPSA) is 59.8 Å². The van der Waals surface area contributed by atoms with E-state index < -0.39 is 5.97 Å². The number of aryl methyl sites for hydroxylation is 1. The standard InChI is InChI=1S/C16H17NO4/c1-4-14-12(9-10-21-14)15(18)17(2)13-8-6-5-7-11(13)16(19)20-3/h5-10H,4H2,1-3H3. The molecule has 0 fully saturated rings. The van der Waals surface area contributed by atoms with Gasteiger partial charge in [-0.15, -0.1) is 0 Å². The number of benzene rings is 1. The minimum atomic E-state index is -0.479. The molecule has 2 rings (SSSR count). The van der Waals surface area contributed by atoms with E-state index in [-0.39, 0.29) is 5.91 Å². The lowest BCUT2D eigenvalue weighted by Crippen LogP contribution is -2.28. The Hall–Kier alpha value is -2.56. The molecule has 110 valence electrons. The van der Waals surface area contributed by atoms with E-state index in [0.717, 1.165) is 0 Å². The van der Waals surface area contributed by atoms with E-state index in [1.165, 1.54) is 18.3 Å². The van der Waals surface area contributed by atoms with Gasteiger partial charge in [0.15, 0.2) is 0 Å². The van der Waals surface area contributed by atoms with Gasteiger partial charge in [0, 0.05) is 13.5 Å². The van der Waals surface area contributed by atoms with Crippen molar-refractivity contribution in [3.05, 3.63) is 53.5 Å². The van der Waals surface area contributed by atoms with Crippen molar-refractivity contribution in [2.24, 2.45) is 0 Å². The molecule has 0 saturated carbocycles. The van der Waals surface area contributed by atoms with Crippen LogP contribution in [0.4, 0.5) is 5.69 Å². The smallest absolute Gasteiger partial charge is 0.339 e. The summed E-state index contributed by atoms with van der Waals surface area (Å²) in [6, 6.07) is 8.46. The van der Waals surface area contributed by atoms with E-state index in [2.05, 4.69) is 0 Å². The van der Waals surface area contributed by atoms with Crippen molar-refractivity contribution < 1.29 is 18.7 Å². The highest BCUT2D eigenvalue weighted by Crippen LogP contribution is 2.23. The van der Waals surface area contributed by atoms with Crippen LogP contribution in [0.15, 0.2) is 41.0 Å². The third-order valence-electron chi connectivity index (χ3n) is 3.27. The lowest BCUT2D eigenvalue weighted by molar-refractivity contribution is 0.0601. The number of amides is 1. The van der Waals surface area contributed by atoms with Gasteiger partial charge < -0.3 is 14.1 Å². The second kappa shape index (κ2) is 6.26. The number of methoxy groups -OCH3 is 1. The number of esters is 1. The normalized spacial score (nSPS) is 10.2. The quantitative estimate of drug-likeness (QED) is 0.811. The van der Waals surface area contributed by atoms with Crippen LogP contribution in [-0.2, 0) is 11.2 Å². The number of furan rings is 1. The van der Waals surface area contributed by atoms with Crippen LogP contribution in [-0.4, -0.2) is 26.0 Å². The van der Waals surface area contributed by atoms with Crippen LogP contribution >= 0.6 is 0 Å². The van der Waals surface area contributed by atoms with E-state index in [1.54, 1.807) is 37.4 Å². The number of carbonyl (C=O) groups excluding carboxylic acids is 2. The van der Waals surface area contributed by atoms with Crippen LogP contribution in [0.25, 0.3) is 0 Å². The van der Waals surface area contributed by atoms with Gasteiger partial charge in [-0.05, 0) is 18.2 Å². The first-order valence-electron chi connectivity index (χ1n) is 6.61. The molecule has 5 heteroatoms. The van der Waals surface area contributed by atoms with E-state index in [4.69, 9.17) is 9.15 Å². The lowest BCUT2D eigenvalue weighted by atomic mass is 10.1. The number of carbonyl (C=O) groups is 2. The molecule has 5 nitrogen and oxygen atoms in total. The van der Waals surface area contributed by atoms with Crippen molar-refractivity contribution in [3.8, 4) is 0 Å². The fourth-order valence-electron chi connectivity index (χ4n) is 2.14. The van der Waals surface area contributed by atoms with Gasteiger partial charge in [-0.1, -0.05) is 19.1 Å². The first kappa shape index (κ1) is 14.8. The fourth-order valence-corrected chi connectivity index (χ4v) is 2.14. The summed E-state index contributed by atoms with van der Waals surface area (Å²) in [6.45, 7) is 1.91. The summed E-state index contributed by atoms with van der Waals surface area (Å²) in [7, 11) is 2.93. The summed E-state index contributed by atoms with van der Waals surface area (Å²) >= 11 is 0. The average molecular weight is 287 g/mol. The summed E-state index contributed by atoms with van der Waals surface area (Å²) in [5.41, 5.74) is 1.34. The van der Waals surface area contributed by atoms with Crippen molar-refractivity contribution in [2.45, 2.75) is 13.3 Å². The molecule has 0 unspecified atom stereocenters. The average Bonchev–Trinajstić information content (AvgIpc) is 3.01. The summed E-state index contributed by atoms with van der Waals surface area (Å²) in [5.74, 6) is -0.0764. The Labute approximate surface area is 123 Å². The molecule has 0 aliphatic heterocycles. The summed E-state index contributed by atoms with van der Waals surface area (Å²) in [5, 5.41) is 0. The second-order valence-corrected chi connectivity index (χ2v) is 4.48. The van der Waals surface area contributed by atoms with Crippen molar-refractivity contribution in [1.82, 2.24) is 0 Å². The Bertz CT molecular complexity index is 660. The molecule has 0 N–H and O–H groups in total. The largest absolute Gasteiger partial charge is 0.469 e. The number of para-hydroxylation sites is 1. The predicted molar refractivity (Wildman–Crippen MR) is 78.6 cm³/mol. The molecule has 2 aromatic rings. The van der Waals surface area contributed by atoms with Crippen LogP contribution in [0.1, 0.15) is 33.4 Å². The Morgan fingerprint density at radius 1 is 1.19 bits per heavy atom. The molecule has 0 spiro atoms. The van der Waals surface area contributed by atoms with Crippen LogP contribution in [0, 0.1) is 0 Å². The number of ether oxygens (including phenoxy) is 1. The van der Waals surface area contributed by atoms with Crippen molar-refractivity contribution in [2.75, 3.05) is 19.1 Å². The van der Waals surface area contributed by atoms with Crippen LogP contribution in [0.3, 0.4) is 0 Å². The summed E-state index contributed by atoms with van der Waals surface area (Å²) < 4.78 is 10.0. The maximum absolute atomic E-state index is 12.6. The molecule has 0 bridgehead atoms. The molecule has 1 aromatic heterocycles. The third kappa shape index (κ3) is 2.81. The Balaban J connectivity index is 2.38. The zero-order chi connectivity index (χ0) is 15.4. The molecule has 0 atom stereocenters. The van der Waals surface area contributed by atoms with E-state index in [1.807, 2.05) is 6.92 Å². The minimum Gasteiger partial charge on any atom is -0.469 e. The number of rotatable bonds is 4. The first-order chi connectivity index (χ1) is 10.1. The lowest BCUT2D eigenvalue weighted by Gasteiger charge is -2.19. The second-order valence-electron chi connectivity index (χ2n) is 4.48. The fraction of sp³-hybridized carbons (Fsp3) is 0.250. The Morgan fingerprint density at radius 2 is 1.90 bits per heavy atom. The van der Waals surface area contributed by atoms with E-state index >= 15 is 0 Å². The number of hydrogen-bond acceptors (Lipinski definition) is 4. The van der Waals surface area contributed by atoms with Gasteiger partial charge in [-0.3, -0.25) is 4.79 Å². The Morgan fingerprint density at radius 3 is 2.57 bits per heavy atom. The molecule has 0 radical (unpaired) electrons. The van der Waals surface area contributed by atoms with Gasteiger partial charge >= 0.3 is 5.97 Å². The molecule has 0 aliphatic carbocycles. The highest BCUT2D eigenvalue weighted by atomic mass is 16.5. The monoisotopic (exact) mass is 287 g/mol. The van der Waals surface area contributed by atoms with Gasteiger partial charge in [0.25, 0.3) is 5.91 Å². The third-order valence-corrected chi connectivity index (χ3v) is 3.27. The van der Waals surface area contributed by atoms with Crippen LogP contribution in [0.2, 0.25) is 0 Å². The number of nitrogens with zero attached hydrogens (tertiary/aromatic N) is 1. The van der Waals surface area contributed by atoms with Gasteiger partial charge in [-0.25, -0.2) is 4.79 Å². The number of hydrogen-bond donors (Lipinski definition) is 0. The molecule has 0 aliphatic rings. The highest BCUT2D eigenvalue weighted by molar-refractivity contribution is 6.09. The molecular weight excluding hydrogens is 270 g/mol. The minimum absolute atomic E-state index is 0.225. The number of anilines is 1.